The minimum atomic E-state index is -0.132. The van der Waals surface area contributed by atoms with Gasteiger partial charge in [0.2, 0.25) is 0 Å². The van der Waals surface area contributed by atoms with Crippen LogP contribution in [0.25, 0.3) is 0 Å². The van der Waals surface area contributed by atoms with Gasteiger partial charge in [-0.15, -0.1) is 11.3 Å². The van der Waals surface area contributed by atoms with E-state index in [1.165, 1.54) is 16.9 Å². The summed E-state index contributed by atoms with van der Waals surface area (Å²) in [6.45, 7) is 4.08. The van der Waals surface area contributed by atoms with Crippen molar-refractivity contribution in [3.63, 3.8) is 0 Å². The molecule has 1 aromatic carbocycles. The Labute approximate surface area is 160 Å². The van der Waals surface area contributed by atoms with Gasteiger partial charge in [0.05, 0.1) is 9.90 Å². The number of carbonyl (C=O) groups excluding carboxylic acids is 2. The van der Waals surface area contributed by atoms with Crippen molar-refractivity contribution in [3.8, 4) is 0 Å². The van der Waals surface area contributed by atoms with E-state index in [-0.39, 0.29) is 11.8 Å². The number of hydrogen-bond acceptors (Lipinski definition) is 3. The summed E-state index contributed by atoms with van der Waals surface area (Å²) < 4.78 is 0.905. The van der Waals surface area contributed by atoms with Gasteiger partial charge in [-0.25, -0.2) is 0 Å². The average molecular weight is 397 g/mol. The fourth-order valence-corrected chi connectivity index (χ4v) is 4.28. The van der Waals surface area contributed by atoms with E-state index in [4.69, 9.17) is 23.2 Å². The Morgan fingerprint density at radius 3 is 2.04 bits per heavy atom. The summed E-state index contributed by atoms with van der Waals surface area (Å²) in [5.74, 6) is -0.126. The number of benzene rings is 1. The predicted molar refractivity (Wildman–Crippen MR) is 102 cm³/mol. The molecule has 0 saturated carbocycles. The monoisotopic (exact) mass is 396 g/mol. The summed E-state index contributed by atoms with van der Waals surface area (Å²) in [7, 11) is 0. The molecular formula is C18H18Cl2N2O2S. The van der Waals surface area contributed by atoms with Gasteiger partial charge in [-0.05, 0) is 30.2 Å². The second kappa shape index (κ2) is 7.77. The molecule has 2 heterocycles. The Balaban J connectivity index is 1.62. The van der Waals surface area contributed by atoms with E-state index in [0.717, 1.165) is 6.42 Å². The van der Waals surface area contributed by atoms with Gasteiger partial charge in [-0.1, -0.05) is 42.3 Å². The second-order valence-electron chi connectivity index (χ2n) is 5.87. The van der Waals surface area contributed by atoms with E-state index in [1.807, 2.05) is 24.3 Å². The summed E-state index contributed by atoms with van der Waals surface area (Å²) >= 11 is 13.2. The van der Waals surface area contributed by atoms with Crippen LogP contribution in [0.5, 0.6) is 0 Å². The first-order valence-corrected chi connectivity index (χ1v) is 9.69. The number of halogens is 2. The van der Waals surface area contributed by atoms with Gasteiger partial charge in [0.15, 0.2) is 0 Å². The normalized spacial score (nSPS) is 14.7. The molecule has 4 nitrogen and oxygen atoms in total. The van der Waals surface area contributed by atoms with Crippen molar-refractivity contribution >= 4 is 46.4 Å². The number of piperazine rings is 1. The van der Waals surface area contributed by atoms with Crippen molar-refractivity contribution in [2.24, 2.45) is 0 Å². The third-order valence-corrected chi connectivity index (χ3v) is 5.84. The molecular weight excluding hydrogens is 379 g/mol. The molecule has 0 bridgehead atoms. The van der Waals surface area contributed by atoms with E-state index in [0.29, 0.717) is 46.0 Å². The Kier molecular flexibility index (Phi) is 5.67. The zero-order valence-corrected chi connectivity index (χ0v) is 16.1. The first kappa shape index (κ1) is 18.2. The topological polar surface area (TPSA) is 40.6 Å². The number of nitrogens with zero attached hydrogens (tertiary/aromatic N) is 2. The standard InChI is InChI=1S/C18H18Cl2N2O2S/c1-2-12-3-5-13(6-4-12)17(23)21-7-9-22(10-8-21)18(24)14-11-15(19)25-16(14)20/h3-6,11H,2,7-10H2,1H3. The zero-order valence-electron chi connectivity index (χ0n) is 13.8. The van der Waals surface area contributed by atoms with Crippen molar-refractivity contribution in [1.82, 2.24) is 9.80 Å². The summed E-state index contributed by atoms with van der Waals surface area (Å²) in [6, 6.07) is 9.30. The van der Waals surface area contributed by atoms with Crippen molar-refractivity contribution in [2.45, 2.75) is 13.3 Å². The molecule has 1 aliphatic rings. The predicted octanol–water partition coefficient (Wildman–Crippen LogP) is 4.22. The number of aryl methyl sites for hydroxylation is 1. The Morgan fingerprint density at radius 2 is 1.56 bits per heavy atom. The highest BCUT2D eigenvalue weighted by Crippen LogP contribution is 2.32. The first-order valence-electron chi connectivity index (χ1n) is 8.12. The number of amides is 2. The molecule has 1 aliphatic heterocycles. The first-order chi connectivity index (χ1) is 12.0. The maximum absolute atomic E-state index is 12.6. The molecule has 1 aromatic heterocycles. The van der Waals surface area contributed by atoms with Crippen molar-refractivity contribution in [1.29, 1.82) is 0 Å². The van der Waals surface area contributed by atoms with Crippen molar-refractivity contribution in [3.05, 3.63) is 55.7 Å². The molecule has 25 heavy (non-hydrogen) atoms. The minimum absolute atomic E-state index is 0.00589. The molecule has 0 atom stereocenters. The highest BCUT2D eigenvalue weighted by Gasteiger charge is 2.27. The van der Waals surface area contributed by atoms with Crippen LogP contribution in [0.1, 0.15) is 33.2 Å². The lowest BCUT2D eigenvalue weighted by Crippen LogP contribution is -2.50. The highest BCUT2D eigenvalue weighted by molar-refractivity contribution is 7.20. The molecule has 7 heteroatoms. The SMILES string of the molecule is CCc1ccc(C(=O)N2CCN(C(=O)c3cc(Cl)sc3Cl)CC2)cc1. The number of hydrogen-bond donors (Lipinski definition) is 0. The van der Waals surface area contributed by atoms with E-state index >= 15 is 0 Å². The van der Waals surface area contributed by atoms with Gasteiger partial charge in [-0.3, -0.25) is 9.59 Å². The minimum Gasteiger partial charge on any atom is -0.335 e. The van der Waals surface area contributed by atoms with Crippen LogP contribution in [0, 0.1) is 0 Å². The molecule has 1 saturated heterocycles. The number of rotatable bonds is 3. The summed E-state index contributed by atoms with van der Waals surface area (Å²) in [4.78, 5) is 28.6. The van der Waals surface area contributed by atoms with Crippen molar-refractivity contribution < 1.29 is 9.59 Å². The van der Waals surface area contributed by atoms with Crippen LogP contribution in [-0.4, -0.2) is 47.8 Å². The van der Waals surface area contributed by atoms with E-state index in [1.54, 1.807) is 15.9 Å². The maximum Gasteiger partial charge on any atom is 0.256 e. The van der Waals surface area contributed by atoms with Gasteiger partial charge in [-0.2, -0.15) is 0 Å². The largest absolute Gasteiger partial charge is 0.335 e. The molecule has 0 radical (unpaired) electrons. The Bertz CT molecular complexity index is 781. The quantitative estimate of drug-likeness (QED) is 0.778. The van der Waals surface area contributed by atoms with Gasteiger partial charge < -0.3 is 9.80 Å². The van der Waals surface area contributed by atoms with Crippen LogP contribution in [0.4, 0.5) is 0 Å². The van der Waals surface area contributed by atoms with Gasteiger partial charge >= 0.3 is 0 Å². The molecule has 2 aromatic rings. The van der Waals surface area contributed by atoms with E-state index in [9.17, 15) is 9.59 Å². The summed E-state index contributed by atoms with van der Waals surface area (Å²) in [5, 5.41) is 0. The maximum atomic E-state index is 12.6. The third kappa shape index (κ3) is 4.00. The molecule has 2 amide bonds. The molecule has 0 spiro atoms. The van der Waals surface area contributed by atoms with Crippen LogP contribution < -0.4 is 0 Å². The molecule has 1 fully saturated rings. The lowest BCUT2D eigenvalue weighted by atomic mass is 10.1. The lowest BCUT2D eigenvalue weighted by molar-refractivity contribution is 0.0536. The Hall–Kier alpha value is -1.56. The highest BCUT2D eigenvalue weighted by atomic mass is 35.5. The van der Waals surface area contributed by atoms with Crippen molar-refractivity contribution in [2.75, 3.05) is 26.2 Å². The molecule has 0 unspecified atom stereocenters. The lowest BCUT2D eigenvalue weighted by Gasteiger charge is -2.34. The molecule has 132 valence electrons. The number of thiophene rings is 1. The number of carbonyl (C=O) groups is 2. The van der Waals surface area contributed by atoms with E-state index in [2.05, 4.69) is 6.92 Å². The van der Waals surface area contributed by atoms with E-state index < -0.39 is 0 Å². The Morgan fingerprint density at radius 1 is 1.00 bits per heavy atom. The van der Waals surface area contributed by atoms with Crippen LogP contribution in [-0.2, 0) is 6.42 Å². The fraction of sp³-hybridized carbons (Fsp3) is 0.333. The fourth-order valence-electron chi connectivity index (χ4n) is 2.83. The summed E-state index contributed by atoms with van der Waals surface area (Å²) in [6.07, 6.45) is 0.949. The molecule has 0 N–H and O–H groups in total. The molecule has 3 rings (SSSR count). The zero-order chi connectivity index (χ0) is 18.0. The molecule has 0 aliphatic carbocycles. The second-order valence-corrected chi connectivity index (χ2v) is 8.16. The van der Waals surface area contributed by atoms with Crippen LogP contribution in [0.15, 0.2) is 30.3 Å². The van der Waals surface area contributed by atoms with Gasteiger partial charge in [0.25, 0.3) is 11.8 Å². The van der Waals surface area contributed by atoms with Crippen LogP contribution in [0.3, 0.4) is 0 Å². The smallest absolute Gasteiger partial charge is 0.256 e. The van der Waals surface area contributed by atoms with Gasteiger partial charge in [0, 0.05) is 31.7 Å². The summed E-state index contributed by atoms with van der Waals surface area (Å²) in [5.41, 5.74) is 2.33. The third-order valence-electron chi connectivity index (χ3n) is 4.35. The average Bonchev–Trinajstić information content (AvgIpc) is 2.99. The van der Waals surface area contributed by atoms with Gasteiger partial charge in [0.1, 0.15) is 4.34 Å². The van der Waals surface area contributed by atoms with Crippen LogP contribution >= 0.6 is 34.5 Å². The van der Waals surface area contributed by atoms with Crippen LogP contribution in [0.2, 0.25) is 8.67 Å².